The summed E-state index contributed by atoms with van der Waals surface area (Å²) >= 11 is 0. The van der Waals surface area contributed by atoms with Crippen LogP contribution in [0.25, 0.3) is 0 Å². The molecule has 2 aliphatic rings. The summed E-state index contributed by atoms with van der Waals surface area (Å²) in [6.45, 7) is 4.27. The normalized spacial score (nSPS) is 20.7. The van der Waals surface area contributed by atoms with Crippen LogP contribution in [-0.2, 0) is 29.2 Å². The van der Waals surface area contributed by atoms with E-state index in [0.29, 0.717) is 23.4 Å². The lowest BCUT2D eigenvalue weighted by atomic mass is 9.89. The summed E-state index contributed by atoms with van der Waals surface area (Å²) in [6, 6.07) is 43.0. The van der Waals surface area contributed by atoms with Gasteiger partial charge in [0, 0.05) is 31.1 Å². The Labute approximate surface area is 281 Å². The summed E-state index contributed by atoms with van der Waals surface area (Å²) in [5, 5.41) is 9.67. The Morgan fingerprint density at radius 3 is 1.81 bits per heavy atom. The predicted molar refractivity (Wildman–Crippen MR) is 184 cm³/mol. The second kappa shape index (κ2) is 14.1. The molecule has 2 heterocycles. The minimum atomic E-state index is -0.751. The van der Waals surface area contributed by atoms with Crippen LogP contribution in [0.1, 0.15) is 67.9 Å². The first-order chi connectivity index (χ1) is 23.5. The number of benzene rings is 5. The number of rotatable bonds is 10. The van der Waals surface area contributed by atoms with Crippen LogP contribution in [0.4, 0.5) is 5.69 Å². The second-order valence-corrected chi connectivity index (χ2v) is 12.5. The zero-order valence-corrected chi connectivity index (χ0v) is 26.8. The van der Waals surface area contributed by atoms with Gasteiger partial charge < -0.3 is 14.6 Å². The highest BCUT2D eigenvalue weighted by atomic mass is 16.7. The summed E-state index contributed by atoms with van der Waals surface area (Å²) in [4.78, 5) is 30.3. The Morgan fingerprint density at radius 1 is 0.646 bits per heavy atom. The van der Waals surface area contributed by atoms with Crippen molar-refractivity contribution in [3.05, 3.63) is 172 Å². The Balaban J connectivity index is 1.21. The Morgan fingerprint density at radius 2 is 1.23 bits per heavy atom. The largest absolute Gasteiger partial charge is 0.392 e. The van der Waals surface area contributed by atoms with Crippen molar-refractivity contribution in [2.24, 2.45) is 5.92 Å². The lowest BCUT2D eigenvalue weighted by Gasteiger charge is -2.43. The number of nitrogens with zero attached hydrogens (tertiary/aromatic N) is 2. The molecule has 5 aromatic rings. The smallest absolute Gasteiger partial charge is 0.266 e. The molecule has 1 N–H and O–H groups in total. The van der Waals surface area contributed by atoms with E-state index < -0.39 is 6.29 Å². The van der Waals surface area contributed by atoms with Gasteiger partial charge >= 0.3 is 0 Å². The maximum atomic E-state index is 13.3. The van der Waals surface area contributed by atoms with E-state index in [-0.39, 0.29) is 36.5 Å². The molecule has 1 saturated heterocycles. The fraction of sp³-hybridized carbons (Fsp3) is 0.220. The van der Waals surface area contributed by atoms with E-state index in [9.17, 15) is 14.7 Å². The van der Waals surface area contributed by atoms with Gasteiger partial charge in [0.1, 0.15) is 0 Å². The summed E-state index contributed by atoms with van der Waals surface area (Å²) in [5.41, 5.74) is 6.24. The quantitative estimate of drug-likeness (QED) is 0.160. The molecule has 2 amide bonds. The molecule has 4 atom stereocenters. The molecule has 0 spiro atoms. The minimum Gasteiger partial charge on any atom is -0.392 e. The van der Waals surface area contributed by atoms with Gasteiger partial charge in [0.05, 0.1) is 35.6 Å². The van der Waals surface area contributed by atoms with Crippen molar-refractivity contribution in [2.45, 2.75) is 45.1 Å². The molecule has 2 aliphatic heterocycles. The monoisotopic (exact) mass is 638 g/mol. The molecule has 0 unspecified atom stereocenters. The highest BCUT2D eigenvalue weighted by Crippen LogP contribution is 2.43. The van der Waals surface area contributed by atoms with Gasteiger partial charge in [0.25, 0.3) is 11.8 Å². The number of carbonyl (C=O) groups is 2. The molecule has 48 heavy (non-hydrogen) atoms. The third kappa shape index (κ3) is 6.59. The zero-order chi connectivity index (χ0) is 33.0. The molecule has 5 aromatic carbocycles. The van der Waals surface area contributed by atoms with Gasteiger partial charge in [0.15, 0.2) is 6.29 Å². The molecular weight excluding hydrogens is 600 g/mol. The summed E-state index contributed by atoms with van der Waals surface area (Å²) in [6.07, 6.45) is -1.28. The number of anilines is 1. The van der Waals surface area contributed by atoms with E-state index in [1.54, 1.807) is 30.3 Å². The maximum absolute atomic E-state index is 13.3. The number of aliphatic hydroxyl groups is 1. The number of ether oxygens (including phenoxy) is 2. The highest BCUT2D eigenvalue weighted by molar-refractivity contribution is 6.34. The van der Waals surface area contributed by atoms with Gasteiger partial charge in [-0.1, -0.05) is 116 Å². The van der Waals surface area contributed by atoms with Crippen molar-refractivity contribution in [1.29, 1.82) is 0 Å². The highest BCUT2D eigenvalue weighted by Gasteiger charge is 2.40. The second-order valence-electron chi connectivity index (χ2n) is 12.5. The number of amides is 2. The fourth-order valence-corrected chi connectivity index (χ4v) is 6.69. The summed E-state index contributed by atoms with van der Waals surface area (Å²) < 4.78 is 13.6. The van der Waals surface area contributed by atoms with E-state index in [4.69, 9.17) is 9.47 Å². The standard InChI is InChI=1S/C41H38N2O5/c1-28-37(26-42(24-29-11-4-2-5-12-29)25-30-13-6-3-7-14-30)47-41(48-38(28)32-21-19-31(27-44)20-22-32)33-15-10-16-34(23-33)43-39(45)35-17-8-9-18-36(35)40(43)46/h2-23,28,37-38,41,44H,24-27H2,1H3/t28-,37+,38+,41+/m1/s1. The third-order valence-corrected chi connectivity index (χ3v) is 9.25. The van der Waals surface area contributed by atoms with E-state index in [1.165, 1.54) is 16.0 Å². The van der Waals surface area contributed by atoms with Gasteiger partial charge in [-0.25, -0.2) is 4.90 Å². The summed E-state index contributed by atoms with van der Waals surface area (Å²) in [7, 11) is 0. The number of hydrogen-bond acceptors (Lipinski definition) is 6. The van der Waals surface area contributed by atoms with Gasteiger partial charge in [0.2, 0.25) is 0 Å². The zero-order valence-electron chi connectivity index (χ0n) is 26.8. The maximum Gasteiger partial charge on any atom is 0.266 e. The van der Waals surface area contributed by atoms with Crippen LogP contribution in [0, 0.1) is 5.92 Å². The van der Waals surface area contributed by atoms with E-state index in [1.807, 2.05) is 54.6 Å². The topological polar surface area (TPSA) is 79.3 Å². The lowest BCUT2D eigenvalue weighted by molar-refractivity contribution is -0.276. The van der Waals surface area contributed by atoms with Crippen LogP contribution < -0.4 is 4.90 Å². The first-order valence-corrected chi connectivity index (χ1v) is 16.4. The molecule has 1 fully saturated rings. The Kier molecular flexibility index (Phi) is 9.27. The van der Waals surface area contributed by atoms with Crippen molar-refractivity contribution in [3.8, 4) is 0 Å². The van der Waals surface area contributed by atoms with Crippen LogP contribution in [0.2, 0.25) is 0 Å². The minimum absolute atomic E-state index is 0.0188. The van der Waals surface area contributed by atoms with Crippen molar-refractivity contribution in [3.63, 3.8) is 0 Å². The number of fused-ring (bicyclic) bond motifs is 1. The molecular formula is C41H38N2O5. The lowest BCUT2D eigenvalue weighted by Crippen LogP contribution is -2.44. The number of hydrogen-bond donors (Lipinski definition) is 1. The molecule has 0 aromatic heterocycles. The van der Waals surface area contributed by atoms with Crippen LogP contribution in [0.15, 0.2) is 133 Å². The SMILES string of the molecule is C[C@@H]1[C@H](CN(Cc2ccccc2)Cc2ccccc2)O[C@H](c2cccc(N3C(=O)c4ccccc4C3=O)c2)O[C@@H]1c1ccc(CO)cc1. The van der Waals surface area contributed by atoms with Crippen LogP contribution in [-0.4, -0.2) is 34.5 Å². The average molecular weight is 639 g/mol. The Hall–Kier alpha value is -4.92. The molecule has 7 nitrogen and oxygen atoms in total. The van der Waals surface area contributed by atoms with E-state index in [2.05, 4.69) is 60.4 Å². The first-order valence-electron chi connectivity index (χ1n) is 16.4. The van der Waals surface area contributed by atoms with Crippen molar-refractivity contribution in [1.82, 2.24) is 4.90 Å². The van der Waals surface area contributed by atoms with Gasteiger partial charge in [-0.05, 0) is 46.5 Å². The molecule has 0 radical (unpaired) electrons. The predicted octanol–water partition coefficient (Wildman–Crippen LogP) is 7.47. The number of imide groups is 1. The van der Waals surface area contributed by atoms with Gasteiger partial charge in [-0.15, -0.1) is 0 Å². The number of aliphatic hydroxyl groups excluding tert-OH is 1. The van der Waals surface area contributed by atoms with Crippen LogP contribution >= 0.6 is 0 Å². The summed E-state index contributed by atoms with van der Waals surface area (Å²) in [5.74, 6) is -0.706. The van der Waals surface area contributed by atoms with Crippen LogP contribution in [0.3, 0.4) is 0 Å². The molecule has 0 saturated carbocycles. The van der Waals surface area contributed by atoms with Gasteiger partial charge in [-0.2, -0.15) is 0 Å². The first kappa shape index (κ1) is 31.7. The molecule has 0 aliphatic carbocycles. The van der Waals surface area contributed by atoms with E-state index >= 15 is 0 Å². The molecule has 7 rings (SSSR count). The van der Waals surface area contributed by atoms with Crippen molar-refractivity contribution in [2.75, 3.05) is 11.4 Å². The third-order valence-electron chi connectivity index (χ3n) is 9.25. The molecule has 0 bridgehead atoms. The Bertz CT molecular complexity index is 1800. The van der Waals surface area contributed by atoms with Crippen LogP contribution in [0.5, 0.6) is 0 Å². The molecule has 242 valence electrons. The van der Waals surface area contributed by atoms with Crippen molar-refractivity contribution >= 4 is 17.5 Å². The molecule has 7 heteroatoms. The van der Waals surface area contributed by atoms with Gasteiger partial charge in [-0.3, -0.25) is 14.5 Å². The average Bonchev–Trinajstić information content (AvgIpc) is 3.39. The number of carbonyl (C=O) groups excluding carboxylic acids is 2. The van der Waals surface area contributed by atoms with Crippen molar-refractivity contribution < 1.29 is 24.2 Å². The van der Waals surface area contributed by atoms with E-state index in [0.717, 1.165) is 29.8 Å². The fourth-order valence-electron chi connectivity index (χ4n) is 6.69.